The molecular weight excluding hydrogens is 726 g/mol. The zero-order valence-electron chi connectivity index (χ0n) is 32.0. The molecule has 4 aromatic rings. The average Bonchev–Trinajstić information content (AvgIpc) is 3.75. The lowest BCUT2D eigenvalue weighted by atomic mass is 9.79. The number of halogens is 3. The molecule has 0 aliphatic carbocycles. The van der Waals surface area contributed by atoms with Crippen molar-refractivity contribution in [3.05, 3.63) is 117 Å². The largest absolute Gasteiger partial charge is 0.497 e. The lowest BCUT2D eigenvalue weighted by molar-refractivity contribution is 0.0903. The highest BCUT2D eigenvalue weighted by Gasteiger charge is 2.65. The van der Waals surface area contributed by atoms with E-state index in [4.69, 9.17) is 42.1 Å². The van der Waals surface area contributed by atoms with Crippen molar-refractivity contribution in [1.82, 2.24) is 21.3 Å². The molecule has 11 heteroatoms. The predicted molar refractivity (Wildman–Crippen MR) is 215 cm³/mol. The summed E-state index contributed by atoms with van der Waals surface area (Å²) >= 11 is 12.9. The van der Waals surface area contributed by atoms with Gasteiger partial charge in [0.25, 0.3) is 0 Å². The molecule has 0 saturated carbocycles. The molecule has 6 atom stereocenters. The molecule has 4 aromatic carbocycles. The van der Waals surface area contributed by atoms with Crippen LogP contribution in [0, 0.1) is 0 Å². The Bertz CT molecular complexity index is 1850. The monoisotopic (exact) mass is 778 g/mol. The molecule has 2 aliphatic heterocycles. The van der Waals surface area contributed by atoms with Gasteiger partial charge in [0.1, 0.15) is 47.6 Å². The van der Waals surface area contributed by atoms with E-state index in [2.05, 4.69) is 65.4 Å². The maximum atomic E-state index is 14.0. The molecule has 4 N–H and O–H groups in total. The molecule has 2 heterocycles. The second-order valence-corrected chi connectivity index (χ2v) is 15.2. The summed E-state index contributed by atoms with van der Waals surface area (Å²) in [5.74, 6) is 2.41. The zero-order chi connectivity index (χ0) is 38.5. The van der Waals surface area contributed by atoms with E-state index in [-0.39, 0.29) is 36.9 Å². The third-order valence-electron chi connectivity index (χ3n) is 10.5. The van der Waals surface area contributed by atoms with Gasteiger partial charge in [-0.2, -0.15) is 0 Å². The molecule has 0 bridgehead atoms. The van der Waals surface area contributed by atoms with Gasteiger partial charge in [-0.3, -0.25) is 21.3 Å². The summed E-state index contributed by atoms with van der Waals surface area (Å²) in [6.45, 7) is 7.65. The molecule has 0 radical (unpaired) electrons. The van der Waals surface area contributed by atoms with Gasteiger partial charge in [0.2, 0.25) is 0 Å². The van der Waals surface area contributed by atoms with Gasteiger partial charge in [-0.1, -0.05) is 74.2 Å². The van der Waals surface area contributed by atoms with Gasteiger partial charge in [-0.05, 0) is 86.3 Å². The van der Waals surface area contributed by atoms with Crippen LogP contribution in [0.2, 0.25) is 10.0 Å². The third-order valence-corrected chi connectivity index (χ3v) is 11.0. The number of hydrogen-bond donors (Lipinski definition) is 4. The van der Waals surface area contributed by atoms with Crippen LogP contribution in [-0.4, -0.2) is 45.7 Å². The summed E-state index contributed by atoms with van der Waals surface area (Å²) in [5.41, 5.74) is 1.49. The van der Waals surface area contributed by atoms with E-state index in [9.17, 15) is 4.39 Å². The van der Waals surface area contributed by atoms with Crippen LogP contribution in [0.5, 0.6) is 23.0 Å². The summed E-state index contributed by atoms with van der Waals surface area (Å²) in [6.07, 6.45) is 3.43. The molecular formula is C43H53Cl2FN4O4. The normalized spacial score (nSPS) is 25.2. The first-order valence-electron chi connectivity index (χ1n) is 19.0. The third kappa shape index (κ3) is 7.90. The van der Waals surface area contributed by atoms with Crippen molar-refractivity contribution >= 4 is 23.2 Å². The van der Waals surface area contributed by atoms with Crippen molar-refractivity contribution in [1.29, 1.82) is 0 Å². The van der Waals surface area contributed by atoms with E-state index in [0.717, 1.165) is 47.9 Å². The molecule has 0 aromatic heterocycles. The van der Waals surface area contributed by atoms with Gasteiger partial charge in [0.05, 0.1) is 20.3 Å². The first-order chi connectivity index (χ1) is 26.1. The number of ether oxygens (including phenoxy) is 4. The Kier molecular flexibility index (Phi) is 13.0. The number of hydrogen-bond acceptors (Lipinski definition) is 8. The van der Waals surface area contributed by atoms with Crippen molar-refractivity contribution < 1.29 is 23.3 Å². The van der Waals surface area contributed by atoms with Gasteiger partial charge in [-0.15, -0.1) is 0 Å². The second-order valence-electron chi connectivity index (χ2n) is 14.4. The van der Waals surface area contributed by atoms with Gasteiger partial charge in [-0.25, -0.2) is 4.39 Å². The first kappa shape index (κ1) is 40.1. The molecule has 0 amide bonds. The molecule has 0 spiro atoms. The van der Waals surface area contributed by atoms with Crippen molar-refractivity contribution in [3.8, 4) is 23.0 Å². The molecule has 8 nitrogen and oxygen atoms in total. The van der Waals surface area contributed by atoms with Crippen LogP contribution in [0.4, 0.5) is 4.39 Å². The standard InChI is InChI=1S/C43H53Cl2FN4O4/c1-7-9-36-40(28-11-15-30(44)16-12-28)49-42(47-36,34-21-19-32(51-5)25-38(34)53-24-23-46)43(35-22-20-33(52-6)26-39(35)54-27(3)4)48-37(10-8-2)41(50-43)29-13-17-31(45)18-14-29/h11-22,25-27,36-37,40-41,47-50H,7-10,23-24H2,1-6H3. The van der Waals surface area contributed by atoms with Crippen molar-refractivity contribution in [3.63, 3.8) is 0 Å². The van der Waals surface area contributed by atoms with Crippen LogP contribution in [0.25, 0.3) is 0 Å². The molecule has 2 saturated heterocycles. The summed E-state index contributed by atoms with van der Waals surface area (Å²) in [4.78, 5) is 0. The predicted octanol–water partition coefficient (Wildman–Crippen LogP) is 9.36. The molecule has 2 fully saturated rings. The highest BCUT2D eigenvalue weighted by molar-refractivity contribution is 6.30. The molecule has 54 heavy (non-hydrogen) atoms. The molecule has 6 unspecified atom stereocenters. The summed E-state index contributed by atoms with van der Waals surface area (Å²) in [5, 5.41) is 18.1. The molecule has 290 valence electrons. The zero-order valence-corrected chi connectivity index (χ0v) is 33.5. The number of methoxy groups -OCH3 is 2. The highest BCUT2D eigenvalue weighted by Crippen LogP contribution is 2.54. The quantitative estimate of drug-likeness (QED) is 0.0896. The van der Waals surface area contributed by atoms with Crippen LogP contribution in [0.15, 0.2) is 84.9 Å². The lowest BCUT2D eigenvalue weighted by Crippen LogP contribution is -2.71. The van der Waals surface area contributed by atoms with Gasteiger partial charge < -0.3 is 18.9 Å². The van der Waals surface area contributed by atoms with Crippen LogP contribution in [-0.2, 0) is 11.3 Å². The van der Waals surface area contributed by atoms with E-state index in [1.165, 1.54) is 0 Å². The summed E-state index contributed by atoms with van der Waals surface area (Å²) < 4.78 is 38.5. The Morgan fingerprint density at radius 1 is 0.648 bits per heavy atom. The minimum absolute atomic E-state index is 0.0432. The van der Waals surface area contributed by atoms with E-state index in [1.54, 1.807) is 14.2 Å². The lowest BCUT2D eigenvalue weighted by Gasteiger charge is -2.49. The minimum atomic E-state index is -1.16. The fourth-order valence-corrected chi connectivity index (χ4v) is 8.44. The first-order valence-corrected chi connectivity index (χ1v) is 19.7. The van der Waals surface area contributed by atoms with Crippen molar-refractivity contribution in [2.75, 3.05) is 27.5 Å². The molecule has 2 aliphatic rings. The van der Waals surface area contributed by atoms with Crippen LogP contribution in [0.1, 0.15) is 87.7 Å². The van der Waals surface area contributed by atoms with E-state index in [1.807, 2.05) is 68.4 Å². The Morgan fingerprint density at radius 3 is 1.50 bits per heavy atom. The van der Waals surface area contributed by atoms with Crippen LogP contribution >= 0.6 is 23.2 Å². The van der Waals surface area contributed by atoms with Crippen LogP contribution in [0.3, 0.4) is 0 Å². The Morgan fingerprint density at radius 2 is 1.09 bits per heavy atom. The Labute approximate surface area is 329 Å². The second kappa shape index (κ2) is 17.5. The number of rotatable bonds is 16. The number of benzene rings is 4. The fraction of sp³-hybridized carbons (Fsp3) is 0.442. The molecule has 6 rings (SSSR count). The highest BCUT2D eigenvalue weighted by atomic mass is 35.5. The smallest absolute Gasteiger partial charge is 0.136 e. The van der Waals surface area contributed by atoms with E-state index in [0.29, 0.717) is 33.0 Å². The van der Waals surface area contributed by atoms with E-state index < -0.39 is 18.0 Å². The maximum Gasteiger partial charge on any atom is 0.136 e. The average molecular weight is 780 g/mol. The van der Waals surface area contributed by atoms with Gasteiger partial charge in [0, 0.05) is 57.5 Å². The maximum absolute atomic E-state index is 14.0. The Balaban J connectivity index is 1.71. The Hall–Kier alpha value is -3.57. The van der Waals surface area contributed by atoms with Crippen molar-refractivity contribution in [2.24, 2.45) is 0 Å². The SMILES string of the molecule is CCCC1NC(c2ccc(OC)cc2OCCF)(C2(c3ccc(OC)cc3OC(C)C)NC(CCC)C(c3ccc(Cl)cc3)N2)NC1c1ccc(Cl)cc1. The van der Waals surface area contributed by atoms with Crippen molar-refractivity contribution in [2.45, 2.75) is 95.0 Å². The van der Waals surface area contributed by atoms with Gasteiger partial charge in [0.15, 0.2) is 0 Å². The number of alkyl halides is 1. The topological polar surface area (TPSA) is 85.0 Å². The van der Waals surface area contributed by atoms with Gasteiger partial charge >= 0.3 is 0 Å². The van der Waals surface area contributed by atoms with Crippen LogP contribution < -0.4 is 40.2 Å². The summed E-state index contributed by atoms with van der Waals surface area (Å²) in [6, 6.07) is 27.4. The minimum Gasteiger partial charge on any atom is -0.497 e. The van der Waals surface area contributed by atoms with E-state index >= 15 is 0 Å². The fourth-order valence-electron chi connectivity index (χ4n) is 8.19. The number of nitrogens with one attached hydrogen (secondary N) is 4. The summed E-state index contributed by atoms with van der Waals surface area (Å²) in [7, 11) is 3.27.